The van der Waals surface area contributed by atoms with Gasteiger partial charge >= 0.3 is 0 Å². The van der Waals surface area contributed by atoms with E-state index in [9.17, 15) is 4.79 Å². The number of rotatable bonds is 4. The van der Waals surface area contributed by atoms with Gasteiger partial charge in [0.1, 0.15) is 5.82 Å². The summed E-state index contributed by atoms with van der Waals surface area (Å²) in [6.07, 6.45) is 7.49. The van der Waals surface area contributed by atoms with Crippen LogP contribution in [0.3, 0.4) is 0 Å². The largest absolute Gasteiger partial charge is 0.354 e. The van der Waals surface area contributed by atoms with E-state index in [1.54, 1.807) is 4.68 Å². The first-order valence-electron chi connectivity index (χ1n) is 9.54. The number of nitrogens with one attached hydrogen (secondary N) is 1. The van der Waals surface area contributed by atoms with Crippen molar-refractivity contribution in [2.75, 3.05) is 18.4 Å². The Labute approximate surface area is 152 Å². The molecule has 1 unspecified atom stereocenters. The normalized spacial score (nSPS) is 23.9. The van der Waals surface area contributed by atoms with Crippen LogP contribution >= 0.6 is 0 Å². The molecule has 0 radical (unpaired) electrons. The van der Waals surface area contributed by atoms with Gasteiger partial charge < -0.3 is 14.8 Å². The van der Waals surface area contributed by atoms with Gasteiger partial charge in [-0.25, -0.2) is 9.67 Å². The predicted octanol–water partition coefficient (Wildman–Crippen LogP) is 1.92. The van der Waals surface area contributed by atoms with E-state index in [0.717, 1.165) is 37.8 Å². The van der Waals surface area contributed by atoms with Gasteiger partial charge in [0.05, 0.1) is 6.04 Å². The number of amides is 1. The molecule has 8 heteroatoms. The second kappa shape index (κ2) is 5.56. The van der Waals surface area contributed by atoms with Crippen molar-refractivity contribution in [3.05, 3.63) is 24.0 Å². The van der Waals surface area contributed by atoms with Crippen LogP contribution in [0.25, 0.3) is 0 Å². The van der Waals surface area contributed by atoms with Gasteiger partial charge in [0.15, 0.2) is 0 Å². The van der Waals surface area contributed by atoms with Crippen molar-refractivity contribution in [1.82, 2.24) is 29.2 Å². The van der Waals surface area contributed by atoms with E-state index in [2.05, 4.69) is 38.8 Å². The van der Waals surface area contributed by atoms with E-state index in [4.69, 9.17) is 0 Å². The predicted molar refractivity (Wildman–Crippen MR) is 95.6 cm³/mol. The molecule has 2 aromatic rings. The Kier molecular flexibility index (Phi) is 3.39. The molecule has 4 heterocycles. The average molecular weight is 355 g/mol. The highest BCUT2D eigenvalue weighted by Crippen LogP contribution is 2.48. The number of hydrogen-bond acceptors (Lipinski definition) is 5. The summed E-state index contributed by atoms with van der Waals surface area (Å²) in [4.78, 5) is 24.0. The van der Waals surface area contributed by atoms with Gasteiger partial charge in [0.25, 0.3) is 5.91 Å². The van der Waals surface area contributed by atoms with Crippen LogP contribution < -0.4 is 5.32 Å². The molecule has 3 aliphatic rings. The fourth-order valence-electron chi connectivity index (χ4n) is 4.18. The Hall–Kier alpha value is -2.38. The molecule has 2 aliphatic heterocycles. The molecule has 2 aromatic heterocycles. The Balaban J connectivity index is 1.42. The molecule has 1 N–H and O–H groups in total. The summed E-state index contributed by atoms with van der Waals surface area (Å²) in [6.45, 7) is 7.79. The molecule has 0 aromatic carbocycles. The smallest absolute Gasteiger partial charge is 0.294 e. The number of aryl methyl sites for hydroxylation is 1. The summed E-state index contributed by atoms with van der Waals surface area (Å²) in [5.41, 5.74) is -0.0000823. The number of aromatic nitrogens is 5. The Morgan fingerprint density at radius 2 is 2.23 bits per heavy atom. The van der Waals surface area contributed by atoms with Gasteiger partial charge in [-0.2, -0.15) is 4.98 Å². The highest BCUT2D eigenvalue weighted by atomic mass is 16.2. The lowest BCUT2D eigenvalue weighted by Gasteiger charge is -2.53. The maximum Gasteiger partial charge on any atom is 0.294 e. The van der Waals surface area contributed by atoms with Crippen LogP contribution in [0.15, 0.2) is 12.4 Å². The zero-order chi connectivity index (χ0) is 17.9. The van der Waals surface area contributed by atoms with Crippen molar-refractivity contribution < 1.29 is 4.79 Å². The molecule has 26 heavy (non-hydrogen) atoms. The van der Waals surface area contributed by atoms with Crippen LogP contribution in [0.2, 0.25) is 0 Å². The van der Waals surface area contributed by atoms with Crippen molar-refractivity contribution >= 4 is 11.9 Å². The lowest BCUT2D eigenvalue weighted by Crippen LogP contribution is -2.58. The third kappa shape index (κ3) is 2.50. The molecule has 1 aliphatic carbocycles. The SMILES string of the molecule is CC1(C)CN(C(=O)c2nc3n(n2)CCCN3)C1c1nccn1CC1CC1. The summed E-state index contributed by atoms with van der Waals surface area (Å²) >= 11 is 0. The molecule has 1 saturated carbocycles. The minimum atomic E-state index is -0.0982. The van der Waals surface area contributed by atoms with Crippen LogP contribution in [0.1, 0.15) is 55.6 Å². The fraction of sp³-hybridized carbons (Fsp3) is 0.667. The van der Waals surface area contributed by atoms with Crippen LogP contribution in [0.5, 0.6) is 0 Å². The van der Waals surface area contributed by atoms with Crippen molar-refractivity contribution in [3.63, 3.8) is 0 Å². The van der Waals surface area contributed by atoms with Crippen molar-refractivity contribution in [3.8, 4) is 0 Å². The summed E-state index contributed by atoms with van der Waals surface area (Å²) in [5.74, 6) is 2.65. The second-order valence-corrected chi connectivity index (χ2v) is 8.47. The van der Waals surface area contributed by atoms with Gasteiger partial charge in [-0.3, -0.25) is 4.79 Å². The van der Waals surface area contributed by atoms with Crippen molar-refractivity contribution in [2.45, 2.75) is 52.2 Å². The quantitative estimate of drug-likeness (QED) is 0.906. The molecule has 5 rings (SSSR count). The number of likely N-dealkylation sites (tertiary alicyclic amines) is 1. The zero-order valence-corrected chi connectivity index (χ0v) is 15.4. The van der Waals surface area contributed by atoms with Gasteiger partial charge in [-0.15, -0.1) is 5.10 Å². The number of anilines is 1. The summed E-state index contributed by atoms with van der Waals surface area (Å²) in [5, 5.41) is 7.63. The first-order chi connectivity index (χ1) is 12.5. The van der Waals surface area contributed by atoms with E-state index in [-0.39, 0.29) is 23.2 Å². The Morgan fingerprint density at radius 1 is 1.38 bits per heavy atom. The maximum absolute atomic E-state index is 13.1. The van der Waals surface area contributed by atoms with Gasteiger partial charge in [-0.1, -0.05) is 13.8 Å². The number of carbonyl (C=O) groups excluding carboxylic acids is 1. The summed E-state index contributed by atoms with van der Waals surface area (Å²) in [7, 11) is 0. The minimum Gasteiger partial charge on any atom is -0.354 e. The first kappa shape index (κ1) is 15.8. The minimum absolute atomic E-state index is 0.0000823. The summed E-state index contributed by atoms with van der Waals surface area (Å²) < 4.78 is 4.03. The number of carbonyl (C=O) groups is 1. The standard InChI is InChI=1S/C18H25N7O/c1-18(2)11-24(13(18)15-19-7-9-23(15)10-12-4-5-12)16(26)14-21-17-20-6-3-8-25(17)22-14/h7,9,12-13H,3-6,8,10-11H2,1-2H3,(H,20,21,22). The molecule has 138 valence electrons. The van der Waals surface area contributed by atoms with E-state index in [1.165, 1.54) is 12.8 Å². The first-order valence-corrected chi connectivity index (χ1v) is 9.54. The molecule has 2 fully saturated rings. The molecule has 1 amide bonds. The zero-order valence-electron chi connectivity index (χ0n) is 15.4. The topological polar surface area (TPSA) is 80.9 Å². The van der Waals surface area contributed by atoms with Crippen LogP contribution in [0.4, 0.5) is 5.95 Å². The van der Waals surface area contributed by atoms with E-state index in [1.807, 2.05) is 17.3 Å². The van der Waals surface area contributed by atoms with E-state index in [0.29, 0.717) is 12.5 Å². The molecule has 0 spiro atoms. The number of hydrogen-bond donors (Lipinski definition) is 1. The van der Waals surface area contributed by atoms with Gasteiger partial charge in [-0.05, 0) is 25.2 Å². The van der Waals surface area contributed by atoms with E-state index < -0.39 is 0 Å². The Morgan fingerprint density at radius 3 is 2.96 bits per heavy atom. The Bertz CT molecular complexity index is 824. The highest BCUT2D eigenvalue weighted by Gasteiger charge is 2.52. The number of imidazole rings is 1. The fourth-order valence-corrected chi connectivity index (χ4v) is 4.18. The van der Waals surface area contributed by atoms with Crippen LogP contribution in [-0.2, 0) is 13.1 Å². The van der Waals surface area contributed by atoms with Crippen molar-refractivity contribution in [1.29, 1.82) is 0 Å². The lowest BCUT2D eigenvalue weighted by molar-refractivity contribution is -0.0387. The number of fused-ring (bicyclic) bond motifs is 1. The third-order valence-corrected chi connectivity index (χ3v) is 5.73. The monoisotopic (exact) mass is 355 g/mol. The molecule has 1 saturated heterocycles. The molecule has 0 bridgehead atoms. The van der Waals surface area contributed by atoms with Gasteiger partial charge in [0, 0.05) is 44.0 Å². The average Bonchev–Trinajstić information content (AvgIpc) is 3.14. The second-order valence-electron chi connectivity index (χ2n) is 8.47. The maximum atomic E-state index is 13.1. The number of nitrogens with zero attached hydrogens (tertiary/aromatic N) is 6. The third-order valence-electron chi connectivity index (χ3n) is 5.73. The molecule has 8 nitrogen and oxygen atoms in total. The van der Waals surface area contributed by atoms with Crippen LogP contribution in [-0.4, -0.2) is 48.2 Å². The molecule has 1 atom stereocenters. The summed E-state index contributed by atoms with van der Waals surface area (Å²) in [6, 6.07) is -0.0303. The van der Waals surface area contributed by atoms with Crippen LogP contribution in [0, 0.1) is 11.3 Å². The molecular weight excluding hydrogens is 330 g/mol. The van der Waals surface area contributed by atoms with E-state index >= 15 is 0 Å². The lowest BCUT2D eigenvalue weighted by atomic mass is 9.74. The van der Waals surface area contributed by atoms with Gasteiger partial charge in [0.2, 0.25) is 11.8 Å². The highest BCUT2D eigenvalue weighted by molar-refractivity contribution is 5.91. The molecular formula is C18H25N7O. The van der Waals surface area contributed by atoms with Crippen molar-refractivity contribution in [2.24, 2.45) is 11.3 Å².